The van der Waals surface area contributed by atoms with Gasteiger partial charge in [-0.2, -0.15) is 0 Å². The maximum atomic E-state index is 13.1. The number of nitrogen functional groups attached to an aromatic ring is 1. The summed E-state index contributed by atoms with van der Waals surface area (Å²) in [5, 5.41) is 25.5. The summed E-state index contributed by atoms with van der Waals surface area (Å²) in [6.07, 6.45) is -0.0160. The highest BCUT2D eigenvalue weighted by Gasteiger charge is 2.39. The van der Waals surface area contributed by atoms with Crippen molar-refractivity contribution in [3.63, 3.8) is 0 Å². The number of benzene rings is 1. The number of aromatic nitrogens is 1. The predicted molar refractivity (Wildman–Crippen MR) is 121 cm³/mol. The number of nitrogens with two attached hydrogens (primary N) is 2. The van der Waals surface area contributed by atoms with Crippen LogP contribution in [0.2, 0.25) is 5.82 Å². The molecule has 0 spiro atoms. The lowest BCUT2D eigenvalue weighted by Gasteiger charge is -2.28. The molecule has 11 nitrogen and oxygen atoms in total. The van der Waals surface area contributed by atoms with Gasteiger partial charge >= 0.3 is 13.1 Å². The van der Waals surface area contributed by atoms with E-state index in [2.05, 4.69) is 10.1 Å². The zero-order chi connectivity index (χ0) is 24.5. The molecule has 1 aliphatic rings. The molecule has 3 rings (SSSR count). The summed E-state index contributed by atoms with van der Waals surface area (Å²) < 4.78 is 5.48. The van der Waals surface area contributed by atoms with Crippen molar-refractivity contribution in [2.45, 2.75) is 45.0 Å². The highest BCUT2D eigenvalue weighted by molar-refractivity contribution is 7.13. The highest BCUT2D eigenvalue weighted by Crippen LogP contribution is 2.37. The number of carboxylic acids is 1. The molecule has 2 aromatic rings. The number of oxime groups is 1. The number of carbonyl (C=O) groups is 3. The minimum absolute atomic E-state index is 0.0592. The van der Waals surface area contributed by atoms with Crippen molar-refractivity contribution in [3.05, 3.63) is 39.9 Å². The van der Waals surface area contributed by atoms with Gasteiger partial charge in [-0.15, -0.1) is 11.3 Å². The Labute approximate surface area is 193 Å². The number of carbonyl (C=O) groups excluding carboxylic acids is 2. The average Bonchev–Trinajstić information content (AvgIpc) is 3.14. The first-order chi connectivity index (χ1) is 15.4. The van der Waals surface area contributed by atoms with Gasteiger partial charge in [-0.25, -0.2) is 9.78 Å². The van der Waals surface area contributed by atoms with Crippen molar-refractivity contribution in [2.24, 2.45) is 10.9 Å². The molecule has 1 amide bonds. The SMILES string of the molecule is Cc1cc2c(c(C(=O)O)c1)OB(O)[C@@H](CC(=O)/C(=N\OC(C)(C)C(N)=O)c1csc(N)n1)C2. The fourth-order valence-electron chi connectivity index (χ4n) is 3.25. The first-order valence-corrected chi connectivity index (χ1v) is 10.8. The zero-order valence-electron chi connectivity index (χ0n) is 18.2. The molecule has 0 radical (unpaired) electrons. The molecule has 0 aliphatic carbocycles. The minimum Gasteiger partial charge on any atom is -0.535 e. The van der Waals surface area contributed by atoms with Gasteiger partial charge in [-0.3, -0.25) is 9.59 Å². The quantitative estimate of drug-likeness (QED) is 0.247. The van der Waals surface area contributed by atoms with E-state index in [1.165, 1.54) is 25.3 Å². The largest absolute Gasteiger partial charge is 0.535 e. The molecule has 33 heavy (non-hydrogen) atoms. The first-order valence-electron chi connectivity index (χ1n) is 9.91. The Kier molecular flexibility index (Phi) is 6.74. The normalized spacial score (nSPS) is 16.1. The van der Waals surface area contributed by atoms with Gasteiger partial charge in [0.2, 0.25) is 5.60 Å². The Balaban J connectivity index is 1.88. The summed E-state index contributed by atoms with van der Waals surface area (Å²) >= 11 is 1.09. The molecule has 0 saturated carbocycles. The molecule has 1 aromatic heterocycles. The van der Waals surface area contributed by atoms with Crippen molar-refractivity contribution in [1.82, 2.24) is 4.98 Å². The van der Waals surface area contributed by atoms with E-state index < -0.39 is 36.2 Å². The van der Waals surface area contributed by atoms with E-state index in [0.717, 1.165) is 11.3 Å². The molecule has 0 saturated heterocycles. The molecule has 1 atom stereocenters. The second-order valence-electron chi connectivity index (χ2n) is 8.18. The number of thiazole rings is 1. The molecular formula is C20H23BN4O7S. The lowest BCUT2D eigenvalue weighted by atomic mass is 9.64. The van der Waals surface area contributed by atoms with E-state index in [1.807, 2.05) is 0 Å². The summed E-state index contributed by atoms with van der Waals surface area (Å²) in [5.74, 6) is -3.12. The van der Waals surface area contributed by atoms with Gasteiger partial charge in [0.25, 0.3) is 5.91 Å². The molecule has 13 heteroatoms. The summed E-state index contributed by atoms with van der Waals surface area (Å²) in [4.78, 5) is 45.5. The third-order valence-electron chi connectivity index (χ3n) is 5.10. The monoisotopic (exact) mass is 474 g/mol. The van der Waals surface area contributed by atoms with Crippen LogP contribution in [0.25, 0.3) is 0 Å². The predicted octanol–water partition coefficient (Wildman–Crippen LogP) is 1.16. The van der Waals surface area contributed by atoms with E-state index in [0.29, 0.717) is 11.1 Å². The van der Waals surface area contributed by atoms with Crippen LogP contribution in [0.15, 0.2) is 22.7 Å². The fourth-order valence-corrected chi connectivity index (χ4v) is 3.80. The van der Waals surface area contributed by atoms with Crippen LogP contribution in [0.5, 0.6) is 5.75 Å². The Bertz CT molecular complexity index is 1150. The Morgan fingerprint density at radius 3 is 2.67 bits per heavy atom. The Morgan fingerprint density at radius 1 is 1.39 bits per heavy atom. The van der Waals surface area contributed by atoms with Gasteiger partial charge in [0.15, 0.2) is 16.6 Å². The van der Waals surface area contributed by atoms with E-state index >= 15 is 0 Å². The topological polar surface area (TPSA) is 187 Å². The summed E-state index contributed by atoms with van der Waals surface area (Å²) in [6, 6.07) is 3.20. The number of primary amides is 1. The van der Waals surface area contributed by atoms with E-state index in [9.17, 15) is 24.5 Å². The van der Waals surface area contributed by atoms with E-state index in [1.54, 1.807) is 13.0 Å². The number of rotatable bonds is 8. The lowest BCUT2D eigenvalue weighted by Crippen LogP contribution is -2.40. The molecule has 2 heterocycles. The van der Waals surface area contributed by atoms with Gasteiger partial charge in [0, 0.05) is 17.6 Å². The van der Waals surface area contributed by atoms with Gasteiger partial charge in [0.05, 0.1) is 0 Å². The summed E-state index contributed by atoms with van der Waals surface area (Å²) in [7, 11) is -1.42. The van der Waals surface area contributed by atoms with Crippen LogP contribution in [-0.2, 0) is 20.8 Å². The van der Waals surface area contributed by atoms with Crippen LogP contribution in [0.1, 0.15) is 47.4 Å². The molecule has 174 valence electrons. The smallest absolute Gasteiger partial charge is 0.526 e. The second kappa shape index (κ2) is 9.20. The molecular weight excluding hydrogens is 451 g/mol. The van der Waals surface area contributed by atoms with Gasteiger partial charge in [0.1, 0.15) is 17.0 Å². The van der Waals surface area contributed by atoms with Crippen molar-refractivity contribution in [2.75, 3.05) is 5.73 Å². The second-order valence-corrected chi connectivity index (χ2v) is 9.07. The molecule has 0 bridgehead atoms. The highest BCUT2D eigenvalue weighted by atomic mass is 32.1. The molecule has 0 unspecified atom stereocenters. The fraction of sp³-hybridized carbons (Fsp3) is 0.350. The number of amides is 1. The van der Waals surface area contributed by atoms with Crippen LogP contribution in [0.4, 0.5) is 5.13 Å². The number of ketones is 1. The molecule has 6 N–H and O–H groups in total. The standard InChI is InChI=1S/C20H23BN4O7S/c1-9-4-10-6-11(21(30)31-16(10)12(5-9)17(27)28)7-14(26)15(13-8-33-19(23)24-13)25-32-20(2,3)18(22)29/h4-5,8,11,30H,6-7H2,1-3H3,(H2,22,29)(H2,23,24)(H,27,28)/b25-15-/t11-/m1/s1. The number of hydrogen-bond acceptors (Lipinski definition) is 10. The van der Waals surface area contributed by atoms with E-state index in [-0.39, 0.29) is 40.7 Å². The molecule has 1 aromatic carbocycles. The van der Waals surface area contributed by atoms with Crippen molar-refractivity contribution < 1.29 is 34.0 Å². The summed E-state index contributed by atoms with van der Waals surface area (Å²) in [6.45, 7) is 4.54. The number of aryl methyl sites for hydroxylation is 1. The number of Topliss-reactive ketones (excluding diaryl/α,β-unsaturated/α-hetero) is 1. The van der Waals surface area contributed by atoms with E-state index in [4.69, 9.17) is 21.0 Å². The third kappa shape index (κ3) is 5.31. The number of aromatic carboxylic acids is 1. The zero-order valence-corrected chi connectivity index (χ0v) is 19.0. The number of fused-ring (bicyclic) bond motifs is 1. The van der Waals surface area contributed by atoms with Gasteiger partial charge < -0.3 is 31.1 Å². The van der Waals surface area contributed by atoms with Crippen LogP contribution < -0.4 is 16.1 Å². The maximum absolute atomic E-state index is 13.1. The first kappa shape index (κ1) is 24.2. The number of carboxylic acid groups (broad SMARTS) is 1. The van der Waals surface area contributed by atoms with Crippen LogP contribution >= 0.6 is 11.3 Å². The van der Waals surface area contributed by atoms with Crippen molar-refractivity contribution in [1.29, 1.82) is 0 Å². The maximum Gasteiger partial charge on any atom is 0.526 e. The molecule has 0 fully saturated rings. The lowest BCUT2D eigenvalue weighted by molar-refractivity contribution is -0.139. The summed E-state index contributed by atoms with van der Waals surface area (Å²) in [5.41, 5.74) is 10.7. The number of nitrogens with zero attached hydrogens (tertiary/aromatic N) is 2. The van der Waals surface area contributed by atoms with Crippen molar-refractivity contribution in [3.8, 4) is 5.75 Å². The Hall–Kier alpha value is -3.45. The Morgan fingerprint density at radius 2 is 2.09 bits per heavy atom. The average molecular weight is 474 g/mol. The number of hydrogen-bond donors (Lipinski definition) is 4. The van der Waals surface area contributed by atoms with Crippen LogP contribution in [-0.4, -0.2) is 51.2 Å². The van der Waals surface area contributed by atoms with Gasteiger partial charge in [-0.05, 0) is 44.4 Å². The minimum atomic E-state index is -1.48. The van der Waals surface area contributed by atoms with Crippen molar-refractivity contribution >= 4 is 47.0 Å². The van der Waals surface area contributed by atoms with Crippen LogP contribution in [0.3, 0.4) is 0 Å². The van der Waals surface area contributed by atoms with Gasteiger partial charge in [-0.1, -0.05) is 11.2 Å². The van der Waals surface area contributed by atoms with Crippen LogP contribution in [0, 0.1) is 6.92 Å². The number of anilines is 1. The molecule has 1 aliphatic heterocycles. The third-order valence-corrected chi connectivity index (χ3v) is 5.77.